The Morgan fingerprint density at radius 2 is 1.75 bits per heavy atom. The van der Waals surface area contributed by atoms with Crippen molar-refractivity contribution in [2.45, 2.75) is 0 Å². The molecule has 0 aliphatic carbocycles. The Balaban J connectivity index is 2.10. The Labute approximate surface area is 126 Å². The highest BCUT2D eigenvalue weighted by Crippen LogP contribution is 2.27. The summed E-state index contributed by atoms with van der Waals surface area (Å²) in [6.45, 7) is 0. The molecule has 0 aliphatic rings. The third-order valence-corrected chi connectivity index (χ3v) is 3.36. The van der Waals surface area contributed by atoms with Gasteiger partial charge in [-0.1, -0.05) is 41.4 Å². The van der Waals surface area contributed by atoms with Gasteiger partial charge in [-0.05, 0) is 24.3 Å². The van der Waals surface area contributed by atoms with Crippen molar-refractivity contribution in [2.75, 3.05) is 0 Å². The largest absolute Gasteiger partial charge is 0.247 e. The predicted octanol–water partition coefficient (Wildman–Crippen LogP) is 3.85. The molecule has 6 heteroatoms. The molecule has 0 bridgehead atoms. The van der Waals surface area contributed by atoms with Gasteiger partial charge in [0.05, 0.1) is 5.02 Å². The molecule has 3 rings (SSSR count). The molecule has 2 heterocycles. The second-order valence-corrected chi connectivity index (χ2v) is 5.00. The van der Waals surface area contributed by atoms with Crippen LogP contribution >= 0.6 is 23.2 Å². The fourth-order valence-corrected chi connectivity index (χ4v) is 2.28. The zero-order valence-corrected chi connectivity index (χ0v) is 12.1. The summed E-state index contributed by atoms with van der Waals surface area (Å²) in [5.74, 6) is 1.21. The fraction of sp³-hybridized carbons (Fsp3) is 0.0714. The molecule has 3 aromatic rings. The van der Waals surface area contributed by atoms with E-state index in [1.165, 1.54) is 0 Å². The van der Waals surface area contributed by atoms with Crippen LogP contribution < -0.4 is 0 Å². The smallest absolute Gasteiger partial charge is 0.183 e. The van der Waals surface area contributed by atoms with Gasteiger partial charge in [-0.25, -0.2) is 14.6 Å². The van der Waals surface area contributed by atoms with Crippen LogP contribution in [0.2, 0.25) is 10.2 Å². The number of hydrogen-bond donors (Lipinski definition) is 0. The Morgan fingerprint density at radius 3 is 2.50 bits per heavy atom. The molecule has 20 heavy (non-hydrogen) atoms. The van der Waals surface area contributed by atoms with E-state index in [1.54, 1.807) is 10.7 Å². The molecule has 2 aromatic heterocycles. The van der Waals surface area contributed by atoms with Crippen molar-refractivity contribution >= 4 is 23.2 Å². The lowest BCUT2D eigenvalue weighted by atomic mass is 10.2. The van der Waals surface area contributed by atoms with E-state index in [4.69, 9.17) is 23.2 Å². The van der Waals surface area contributed by atoms with Gasteiger partial charge >= 0.3 is 0 Å². The summed E-state index contributed by atoms with van der Waals surface area (Å²) in [5.41, 5.74) is 1.46. The fourth-order valence-electron chi connectivity index (χ4n) is 1.90. The highest BCUT2D eigenvalue weighted by Gasteiger charge is 2.14. The minimum absolute atomic E-state index is 0.421. The van der Waals surface area contributed by atoms with Gasteiger partial charge in [0, 0.05) is 12.6 Å². The first-order valence-electron chi connectivity index (χ1n) is 5.94. The lowest BCUT2D eigenvalue weighted by Gasteiger charge is -1.98. The molecule has 0 aliphatic heterocycles. The van der Waals surface area contributed by atoms with Crippen molar-refractivity contribution in [3.05, 3.63) is 52.6 Å². The predicted molar refractivity (Wildman–Crippen MR) is 79.7 cm³/mol. The lowest BCUT2D eigenvalue weighted by Crippen LogP contribution is -1.96. The zero-order chi connectivity index (χ0) is 14.1. The maximum absolute atomic E-state index is 6.17. The van der Waals surface area contributed by atoms with Crippen molar-refractivity contribution in [3.8, 4) is 22.9 Å². The second-order valence-electron chi connectivity index (χ2n) is 4.21. The summed E-state index contributed by atoms with van der Waals surface area (Å²) < 4.78 is 1.66. The normalized spacial score (nSPS) is 10.8. The minimum Gasteiger partial charge on any atom is -0.247 e. The minimum atomic E-state index is 0.421. The molecule has 0 fully saturated rings. The first-order chi connectivity index (χ1) is 9.65. The highest BCUT2D eigenvalue weighted by atomic mass is 35.5. The number of benzene rings is 1. The van der Waals surface area contributed by atoms with E-state index in [0.29, 0.717) is 27.5 Å². The van der Waals surface area contributed by atoms with E-state index >= 15 is 0 Å². The SMILES string of the molecule is Cn1nc(-c2ccccc2Cl)nc1-c1cccc(Cl)n1. The molecule has 0 atom stereocenters. The Morgan fingerprint density at radius 1 is 0.950 bits per heavy atom. The quantitative estimate of drug-likeness (QED) is 0.675. The number of nitrogens with zero attached hydrogens (tertiary/aromatic N) is 4. The maximum Gasteiger partial charge on any atom is 0.183 e. The van der Waals surface area contributed by atoms with Crippen LogP contribution in [0, 0.1) is 0 Å². The van der Waals surface area contributed by atoms with Crippen LogP contribution in [0.1, 0.15) is 0 Å². The topological polar surface area (TPSA) is 43.6 Å². The number of pyridine rings is 1. The molecule has 100 valence electrons. The van der Waals surface area contributed by atoms with Gasteiger partial charge in [-0.2, -0.15) is 5.10 Å². The van der Waals surface area contributed by atoms with E-state index in [1.807, 2.05) is 43.4 Å². The van der Waals surface area contributed by atoms with Crippen LogP contribution in [0.3, 0.4) is 0 Å². The van der Waals surface area contributed by atoms with Crippen LogP contribution in [0.5, 0.6) is 0 Å². The number of hydrogen-bond acceptors (Lipinski definition) is 3. The van der Waals surface area contributed by atoms with Crippen molar-refractivity contribution in [1.82, 2.24) is 19.7 Å². The molecule has 0 spiro atoms. The molecule has 0 N–H and O–H groups in total. The van der Waals surface area contributed by atoms with Gasteiger partial charge in [0.15, 0.2) is 11.6 Å². The molecule has 4 nitrogen and oxygen atoms in total. The zero-order valence-electron chi connectivity index (χ0n) is 10.6. The van der Waals surface area contributed by atoms with Gasteiger partial charge in [0.25, 0.3) is 0 Å². The van der Waals surface area contributed by atoms with Gasteiger partial charge in [-0.3, -0.25) is 0 Å². The number of halogens is 2. The summed E-state index contributed by atoms with van der Waals surface area (Å²) in [5, 5.41) is 5.42. The van der Waals surface area contributed by atoms with E-state index in [9.17, 15) is 0 Å². The molecular weight excluding hydrogens is 295 g/mol. The number of rotatable bonds is 2. The van der Waals surface area contributed by atoms with Gasteiger partial charge in [0.2, 0.25) is 0 Å². The molecule has 0 amide bonds. The average Bonchev–Trinajstić information content (AvgIpc) is 2.81. The van der Waals surface area contributed by atoms with Gasteiger partial charge in [0.1, 0.15) is 10.8 Å². The molecule has 0 unspecified atom stereocenters. The van der Waals surface area contributed by atoms with E-state index in [0.717, 1.165) is 5.56 Å². The highest BCUT2D eigenvalue weighted by molar-refractivity contribution is 6.33. The first-order valence-corrected chi connectivity index (χ1v) is 6.69. The molecule has 1 aromatic carbocycles. The first kappa shape index (κ1) is 13.1. The van der Waals surface area contributed by atoms with Crippen LogP contribution in [-0.2, 0) is 7.05 Å². The lowest BCUT2D eigenvalue weighted by molar-refractivity contribution is 0.774. The van der Waals surface area contributed by atoms with Crippen molar-refractivity contribution in [3.63, 3.8) is 0 Å². The molecule has 0 radical (unpaired) electrons. The maximum atomic E-state index is 6.17. The summed E-state index contributed by atoms with van der Waals surface area (Å²) in [7, 11) is 1.81. The van der Waals surface area contributed by atoms with Crippen molar-refractivity contribution in [1.29, 1.82) is 0 Å². The van der Waals surface area contributed by atoms with Crippen molar-refractivity contribution < 1.29 is 0 Å². The van der Waals surface area contributed by atoms with Crippen LogP contribution in [0.4, 0.5) is 0 Å². The van der Waals surface area contributed by atoms with Crippen molar-refractivity contribution in [2.24, 2.45) is 7.05 Å². The number of aromatic nitrogens is 4. The Bertz CT molecular complexity index is 767. The molecular formula is C14H10Cl2N4. The Hall–Kier alpha value is -1.91. The van der Waals surface area contributed by atoms with Crippen LogP contribution in [0.15, 0.2) is 42.5 Å². The monoisotopic (exact) mass is 304 g/mol. The van der Waals surface area contributed by atoms with E-state index < -0.39 is 0 Å². The molecule has 0 saturated carbocycles. The average molecular weight is 305 g/mol. The van der Waals surface area contributed by atoms with E-state index in [2.05, 4.69) is 15.1 Å². The van der Waals surface area contributed by atoms with Gasteiger partial charge < -0.3 is 0 Å². The standard InChI is InChI=1S/C14H10Cl2N4/c1-20-14(11-7-4-8-12(16)17-11)18-13(19-20)9-5-2-3-6-10(9)15/h2-8H,1H3. The molecule has 0 saturated heterocycles. The summed E-state index contributed by atoms with van der Waals surface area (Å²) >= 11 is 12.1. The van der Waals surface area contributed by atoms with E-state index in [-0.39, 0.29) is 0 Å². The van der Waals surface area contributed by atoms with Crippen LogP contribution in [0.25, 0.3) is 22.9 Å². The Kier molecular flexibility index (Phi) is 3.42. The summed E-state index contributed by atoms with van der Waals surface area (Å²) in [6, 6.07) is 12.8. The number of aryl methyl sites for hydroxylation is 1. The summed E-state index contributed by atoms with van der Waals surface area (Å²) in [4.78, 5) is 8.74. The third kappa shape index (κ3) is 2.40. The third-order valence-electron chi connectivity index (χ3n) is 2.82. The summed E-state index contributed by atoms with van der Waals surface area (Å²) in [6.07, 6.45) is 0. The van der Waals surface area contributed by atoms with Gasteiger partial charge in [-0.15, -0.1) is 0 Å². The second kappa shape index (κ2) is 5.23. The van der Waals surface area contributed by atoms with Crippen LogP contribution in [-0.4, -0.2) is 19.7 Å².